The molecule has 2 aromatic carbocycles. The average molecular weight is 239 g/mol. The van der Waals surface area contributed by atoms with Crippen LogP contribution >= 0.6 is 12.2 Å². The number of fused-ring (bicyclic) bond motifs is 1. The van der Waals surface area contributed by atoms with Gasteiger partial charge in [0.25, 0.3) is 0 Å². The van der Waals surface area contributed by atoms with E-state index in [1.54, 1.807) is 0 Å². The Morgan fingerprint density at radius 3 is 2.53 bits per heavy atom. The molecule has 2 aromatic rings. The largest absolute Gasteiger partial charge is 0.350 e. The third-order valence-electron chi connectivity index (χ3n) is 3.11. The van der Waals surface area contributed by atoms with E-state index in [1.807, 2.05) is 6.07 Å². The third-order valence-corrected chi connectivity index (χ3v) is 3.41. The van der Waals surface area contributed by atoms with Crippen molar-refractivity contribution in [2.75, 3.05) is 5.32 Å². The van der Waals surface area contributed by atoms with Gasteiger partial charge in [0.15, 0.2) is 0 Å². The lowest BCUT2D eigenvalue weighted by molar-refractivity contribution is 1.03. The van der Waals surface area contributed by atoms with Crippen molar-refractivity contribution >= 4 is 22.9 Å². The highest BCUT2D eigenvalue weighted by molar-refractivity contribution is 7.80. The first-order chi connectivity index (χ1) is 8.33. The first kappa shape index (κ1) is 10.5. The molecule has 0 unspecified atom stereocenters. The highest BCUT2D eigenvalue weighted by atomic mass is 32.1. The van der Waals surface area contributed by atoms with Crippen LogP contribution in [0.5, 0.6) is 0 Å². The number of hydrogen-bond donors (Lipinski definition) is 1. The van der Waals surface area contributed by atoms with E-state index < -0.39 is 0 Å². The first-order valence-electron chi connectivity index (χ1n) is 5.81. The first-order valence-corrected chi connectivity index (χ1v) is 6.22. The summed E-state index contributed by atoms with van der Waals surface area (Å²) in [5.74, 6) is 0. The third kappa shape index (κ3) is 2.08. The zero-order valence-corrected chi connectivity index (χ0v) is 10.3. The van der Waals surface area contributed by atoms with Crippen LogP contribution in [0.3, 0.4) is 0 Å². The summed E-state index contributed by atoms with van der Waals surface area (Å²) in [6.07, 6.45) is 2.00. The zero-order chi connectivity index (χ0) is 11.7. The van der Waals surface area contributed by atoms with Gasteiger partial charge in [-0.3, -0.25) is 0 Å². The molecule has 0 bridgehead atoms. The summed E-state index contributed by atoms with van der Waals surface area (Å²) >= 11 is 5.20. The fraction of sp³-hybridized carbons (Fsp3) is 0.133. The molecule has 1 aliphatic rings. The van der Waals surface area contributed by atoms with Gasteiger partial charge in [-0.25, -0.2) is 0 Å². The molecule has 1 aliphatic heterocycles. The number of hydrogen-bond acceptors (Lipinski definition) is 1. The lowest BCUT2D eigenvalue weighted by Gasteiger charge is -2.19. The molecular weight excluding hydrogens is 226 g/mol. The average Bonchev–Trinajstić information content (AvgIpc) is 2.39. The van der Waals surface area contributed by atoms with Gasteiger partial charge >= 0.3 is 0 Å². The van der Waals surface area contributed by atoms with Crippen molar-refractivity contribution in [1.29, 1.82) is 0 Å². The molecule has 0 fully saturated rings. The Morgan fingerprint density at radius 2 is 1.71 bits per heavy atom. The van der Waals surface area contributed by atoms with Crippen molar-refractivity contribution in [3.63, 3.8) is 0 Å². The number of nitrogens with one attached hydrogen (secondary N) is 1. The minimum Gasteiger partial charge on any atom is -0.350 e. The van der Waals surface area contributed by atoms with Crippen LogP contribution in [0.4, 0.5) is 5.69 Å². The van der Waals surface area contributed by atoms with Gasteiger partial charge < -0.3 is 5.32 Å². The Morgan fingerprint density at radius 1 is 0.882 bits per heavy atom. The number of thiocarbonyl (C=S) groups is 1. The van der Waals surface area contributed by atoms with Crippen molar-refractivity contribution in [2.45, 2.75) is 12.8 Å². The van der Waals surface area contributed by atoms with Crippen LogP contribution < -0.4 is 5.32 Å². The van der Waals surface area contributed by atoms with Gasteiger partial charge in [-0.2, -0.15) is 0 Å². The van der Waals surface area contributed by atoms with E-state index in [0.29, 0.717) is 0 Å². The van der Waals surface area contributed by atoms with Crippen molar-refractivity contribution < 1.29 is 0 Å². The Labute approximate surface area is 106 Å². The Kier molecular flexibility index (Phi) is 2.65. The smallest absolute Gasteiger partial charge is 0.0800 e. The van der Waals surface area contributed by atoms with Gasteiger partial charge in [-0.05, 0) is 35.2 Å². The molecule has 0 aromatic heterocycles. The molecule has 0 saturated heterocycles. The Hall–Kier alpha value is -1.67. The molecule has 1 nitrogen and oxygen atoms in total. The molecule has 0 saturated carbocycles. The summed E-state index contributed by atoms with van der Waals surface area (Å²) < 4.78 is 0. The summed E-state index contributed by atoms with van der Waals surface area (Å²) in [6, 6.07) is 17.0. The van der Waals surface area contributed by atoms with Gasteiger partial charge in [-0.15, -0.1) is 0 Å². The normalized spacial score (nSPS) is 14.0. The second-order valence-corrected chi connectivity index (χ2v) is 4.78. The van der Waals surface area contributed by atoms with E-state index in [0.717, 1.165) is 17.8 Å². The molecule has 84 valence electrons. The van der Waals surface area contributed by atoms with Crippen LogP contribution in [-0.2, 0) is 6.42 Å². The summed E-state index contributed by atoms with van der Waals surface area (Å²) in [5, 5.41) is 3.27. The van der Waals surface area contributed by atoms with Gasteiger partial charge in [0.2, 0.25) is 0 Å². The fourth-order valence-electron chi connectivity index (χ4n) is 2.19. The van der Waals surface area contributed by atoms with Crippen molar-refractivity contribution in [3.05, 3.63) is 54.1 Å². The molecule has 0 atom stereocenters. The van der Waals surface area contributed by atoms with E-state index in [1.165, 1.54) is 22.4 Å². The molecule has 1 heterocycles. The topological polar surface area (TPSA) is 12.0 Å². The van der Waals surface area contributed by atoms with Gasteiger partial charge in [0, 0.05) is 12.1 Å². The van der Waals surface area contributed by atoms with Crippen molar-refractivity contribution in [2.24, 2.45) is 0 Å². The lowest BCUT2D eigenvalue weighted by atomic mass is 9.97. The lowest BCUT2D eigenvalue weighted by Crippen LogP contribution is -2.16. The predicted molar refractivity (Wildman–Crippen MR) is 76.4 cm³/mol. The maximum atomic E-state index is 5.20. The molecule has 17 heavy (non-hydrogen) atoms. The second-order valence-electron chi connectivity index (χ2n) is 4.29. The highest BCUT2D eigenvalue weighted by Crippen LogP contribution is 2.28. The fourth-order valence-corrected chi connectivity index (χ4v) is 2.41. The molecule has 0 radical (unpaired) electrons. The van der Waals surface area contributed by atoms with E-state index in [-0.39, 0.29) is 0 Å². The van der Waals surface area contributed by atoms with E-state index in [2.05, 4.69) is 47.8 Å². The van der Waals surface area contributed by atoms with Crippen LogP contribution in [0.25, 0.3) is 11.1 Å². The Balaban J connectivity index is 2.02. The van der Waals surface area contributed by atoms with Crippen molar-refractivity contribution in [3.8, 4) is 11.1 Å². The van der Waals surface area contributed by atoms with E-state index >= 15 is 0 Å². The van der Waals surface area contributed by atoms with E-state index in [4.69, 9.17) is 12.2 Å². The number of anilines is 1. The standard InChI is InChI=1S/C15H13NS/c17-15-9-7-13-10-12(6-8-14(13)16-15)11-4-2-1-3-5-11/h1-6,8,10H,7,9H2,(H,16,17). The molecule has 0 spiro atoms. The quantitative estimate of drug-likeness (QED) is 0.754. The molecule has 0 amide bonds. The number of benzene rings is 2. The Bertz CT molecular complexity index is 560. The summed E-state index contributed by atoms with van der Waals surface area (Å²) in [4.78, 5) is 0.949. The maximum absolute atomic E-state index is 5.20. The molecule has 1 N–H and O–H groups in total. The molecular formula is C15H13NS. The SMILES string of the molecule is S=C1CCc2cc(-c3ccccc3)ccc2N1. The summed E-state index contributed by atoms with van der Waals surface area (Å²) in [5.41, 5.74) is 5.07. The van der Waals surface area contributed by atoms with Crippen LogP contribution in [0.1, 0.15) is 12.0 Å². The summed E-state index contributed by atoms with van der Waals surface area (Å²) in [7, 11) is 0. The van der Waals surface area contributed by atoms with Crippen LogP contribution in [0.2, 0.25) is 0 Å². The second kappa shape index (κ2) is 4.30. The van der Waals surface area contributed by atoms with Crippen LogP contribution in [0.15, 0.2) is 48.5 Å². The van der Waals surface area contributed by atoms with Crippen LogP contribution in [-0.4, -0.2) is 4.99 Å². The van der Waals surface area contributed by atoms with Gasteiger partial charge in [0.1, 0.15) is 0 Å². The maximum Gasteiger partial charge on any atom is 0.0800 e. The van der Waals surface area contributed by atoms with Crippen LogP contribution in [0, 0.1) is 0 Å². The van der Waals surface area contributed by atoms with E-state index in [9.17, 15) is 0 Å². The highest BCUT2D eigenvalue weighted by Gasteiger charge is 2.12. The monoisotopic (exact) mass is 239 g/mol. The molecule has 3 rings (SSSR count). The number of aryl methyl sites for hydroxylation is 1. The predicted octanol–water partition coefficient (Wildman–Crippen LogP) is 4.04. The van der Waals surface area contributed by atoms with Crippen molar-refractivity contribution in [1.82, 2.24) is 0 Å². The molecule has 0 aliphatic carbocycles. The summed E-state index contributed by atoms with van der Waals surface area (Å²) in [6.45, 7) is 0. The van der Waals surface area contributed by atoms with Gasteiger partial charge in [0.05, 0.1) is 4.99 Å². The minimum atomic E-state index is 0.949. The van der Waals surface area contributed by atoms with Gasteiger partial charge in [-0.1, -0.05) is 48.6 Å². The number of rotatable bonds is 1. The molecule has 2 heteroatoms. The minimum absolute atomic E-state index is 0.949. The zero-order valence-electron chi connectivity index (χ0n) is 9.44.